The fourth-order valence-electron chi connectivity index (χ4n) is 4.55. The minimum Gasteiger partial charge on any atom is -0.465 e. The number of aryl methyl sites for hydroxylation is 2. The predicted octanol–water partition coefficient (Wildman–Crippen LogP) is 8.54. The zero-order chi connectivity index (χ0) is 30.3. The molecule has 0 radical (unpaired) electrons. The number of benzene rings is 4. The second-order valence-electron chi connectivity index (χ2n) is 9.96. The van der Waals surface area contributed by atoms with Crippen LogP contribution in [-0.4, -0.2) is 24.9 Å². The average Bonchev–Trinajstić information content (AvgIpc) is 3.43. The molecule has 43 heavy (non-hydrogen) atoms. The SMILES string of the molecule is COC(=O)c1c(-c2ccc(C)cc2)csc1NC(=O)C(Sc1cccc(NC(=O)c2cccc(C)c2)c1)c1ccccc1. The number of methoxy groups -OCH3 is 1. The van der Waals surface area contributed by atoms with Gasteiger partial charge < -0.3 is 15.4 Å². The summed E-state index contributed by atoms with van der Waals surface area (Å²) in [5.74, 6) is -1.01. The highest BCUT2D eigenvalue weighted by atomic mass is 32.2. The molecule has 0 fully saturated rings. The minimum atomic E-state index is -0.639. The van der Waals surface area contributed by atoms with Crippen LogP contribution in [-0.2, 0) is 9.53 Å². The molecule has 1 atom stereocenters. The number of ether oxygens (including phenoxy) is 1. The number of rotatable bonds is 9. The molecule has 1 heterocycles. The summed E-state index contributed by atoms with van der Waals surface area (Å²) in [4.78, 5) is 40.5. The molecule has 0 aliphatic heterocycles. The van der Waals surface area contributed by atoms with Crippen molar-refractivity contribution >= 4 is 51.6 Å². The van der Waals surface area contributed by atoms with Gasteiger partial charge in [-0.25, -0.2) is 4.79 Å². The molecule has 0 spiro atoms. The Labute approximate surface area is 259 Å². The Bertz CT molecular complexity index is 1760. The number of hydrogen-bond donors (Lipinski definition) is 2. The summed E-state index contributed by atoms with van der Waals surface area (Å²) < 4.78 is 5.10. The third-order valence-corrected chi connectivity index (χ3v) is 8.89. The van der Waals surface area contributed by atoms with Gasteiger partial charge in [0.15, 0.2) is 0 Å². The number of esters is 1. The lowest BCUT2D eigenvalue weighted by atomic mass is 10.0. The first kappa shape index (κ1) is 29.8. The number of hydrogen-bond acceptors (Lipinski definition) is 6. The lowest BCUT2D eigenvalue weighted by molar-refractivity contribution is -0.115. The predicted molar refractivity (Wildman–Crippen MR) is 175 cm³/mol. The summed E-state index contributed by atoms with van der Waals surface area (Å²) in [5.41, 5.74) is 5.99. The van der Waals surface area contributed by atoms with Crippen LogP contribution in [0.15, 0.2) is 113 Å². The molecule has 0 aliphatic carbocycles. The monoisotopic (exact) mass is 606 g/mol. The van der Waals surface area contributed by atoms with E-state index in [2.05, 4.69) is 10.6 Å². The van der Waals surface area contributed by atoms with Crippen LogP contribution < -0.4 is 10.6 Å². The lowest BCUT2D eigenvalue weighted by Gasteiger charge is -2.18. The summed E-state index contributed by atoms with van der Waals surface area (Å²) in [7, 11) is 1.33. The van der Waals surface area contributed by atoms with E-state index in [-0.39, 0.29) is 11.8 Å². The molecule has 4 aromatic carbocycles. The van der Waals surface area contributed by atoms with Crippen LogP contribution in [0.1, 0.15) is 42.7 Å². The second kappa shape index (κ2) is 13.5. The summed E-state index contributed by atoms with van der Waals surface area (Å²) in [5, 5.41) is 7.60. The first-order valence-electron chi connectivity index (χ1n) is 13.6. The average molecular weight is 607 g/mol. The molecule has 0 bridgehead atoms. The van der Waals surface area contributed by atoms with Crippen LogP contribution in [0.3, 0.4) is 0 Å². The van der Waals surface area contributed by atoms with Crippen molar-refractivity contribution in [2.75, 3.05) is 17.7 Å². The first-order valence-corrected chi connectivity index (χ1v) is 15.4. The molecule has 6 nitrogen and oxygen atoms in total. The number of carbonyl (C=O) groups excluding carboxylic acids is 3. The van der Waals surface area contributed by atoms with Gasteiger partial charge >= 0.3 is 5.97 Å². The van der Waals surface area contributed by atoms with Crippen LogP contribution in [0.25, 0.3) is 11.1 Å². The Kier molecular flexibility index (Phi) is 9.39. The molecule has 0 aliphatic rings. The highest BCUT2D eigenvalue weighted by Crippen LogP contribution is 2.40. The van der Waals surface area contributed by atoms with Gasteiger partial charge in [-0.05, 0) is 55.3 Å². The van der Waals surface area contributed by atoms with E-state index in [1.165, 1.54) is 30.2 Å². The van der Waals surface area contributed by atoms with Crippen molar-refractivity contribution in [1.82, 2.24) is 0 Å². The van der Waals surface area contributed by atoms with E-state index >= 15 is 0 Å². The third-order valence-electron chi connectivity index (χ3n) is 6.75. The maximum atomic E-state index is 13.9. The fraction of sp³-hybridized carbons (Fsp3) is 0.114. The number of thioether (sulfide) groups is 1. The van der Waals surface area contributed by atoms with E-state index in [1.807, 2.05) is 116 Å². The summed E-state index contributed by atoms with van der Waals surface area (Å²) in [6.45, 7) is 3.94. The van der Waals surface area contributed by atoms with Crippen molar-refractivity contribution in [2.45, 2.75) is 24.0 Å². The van der Waals surface area contributed by atoms with Crippen molar-refractivity contribution in [3.05, 3.63) is 136 Å². The Morgan fingerprint density at radius 3 is 2.26 bits per heavy atom. The summed E-state index contributed by atoms with van der Waals surface area (Å²) in [6.07, 6.45) is 0. The van der Waals surface area contributed by atoms with Crippen molar-refractivity contribution in [2.24, 2.45) is 0 Å². The van der Waals surface area contributed by atoms with Crippen LogP contribution >= 0.6 is 23.1 Å². The molecular formula is C35H30N2O4S2. The molecule has 2 amide bonds. The molecule has 8 heteroatoms. The number of nitrogens with one attached hydrogen (secondary N) is 2. The van der Waals surface area contributed by atoms with Crippen LogP contribution in [0.5, 0.6) is 0 Å². The largest absolute Gasteiger partial charge is 0.465 e. The molecule has 1 aromatic heterocycles. The Morgan fingerprint density at radius 1 is 0.791 bits per heavy atom. The summed E-state index contributed by atoms with van der Waals surface area (Å²) in [6, 6.07) is 32.1. The Balaban J connectivity index is 1.41. The van der Waals surface area contributed by atoms with Gasteiger partial charge in [0.1, 0.15) is 15.8 Å². The van der Waals surface area contributed by atoms with Crippen LogP contribution in [0.2, 0.25) is 0 Å². The molecule has 5 rings (SSSR count). The normalized spacial score (nSPS) is 11.4. The molecule has 0 saturated heterocycles. The molecule has 216 valence electrons. The fourth-order valence-corrected chi connectivity index (χ4v) is 6.59. The second-order valence-corrected chi connectivity index (χ2v) is 12.0. The van der Waals surface area contributed by atoms with Crippen LogP contribution in [0, 0.1) is 13.8 Å². The zero-order valence-electron chi connectivity index (χ0n) is 23.9. The van der Waals surface area contributed by atoms with Crippen molar-refractivity contribution < 1.29 is 19.1 Å². The van der Waals surface area contributed by atoms with E-state index in [0.29, 0.717) is 27.4 Å². The van der Waals surface area contributed by atoms with E-state index in [1.54, 1.807) is 6.07 Å². The van der Waals surface area contributed by atoms with E-state index in [9.17, 15) is 14.4 Å². The van der Waals surface area contributed by atoms with Crippen molar-refractivity contribution in [3.8, 4) is 11.1 Å². The van der Waals surface area contributed by atoms with Crippen LogP contribution in [0.4, 0.5) is 10.7 Å². The molecule has 5 aromatic rings. The zero-order valence-corrected chi connectivity index (χ0v) is 25.6. The highest BCUT2D eigenvalue weighted by Gasteiger charge is 2.27. The van der Waals surface area contributed by atoms with Gasteiger partial charge in [-0.2, -0.15) is 0 Å². The highest BCUT2D eigenvalue weighted by molar-refractivity contribution is 8.00. The van der Waals surface area contributed by atoms with Gasteiger partial charge in [-0.15, -0.1) is 23.1 Å². The maximum Gasteiger partial charge on any atom is 0.341 e. The smallest absolute Gasteiger partial charge is 0.341 e. The van der Waals surface area contributed by atoms with Gasteiger partial charge in [-0.1, -0.05) is 83.9 Å². The van der Waals surface area contributed by atoms with E-state index < -0.39 is 11.2 Å². The van der Waals surface area contributed by atoms with Crippen molar-refractivity contribution in [3.63, 3.8) is 0 Å². The third kappa shape index (κ3) is 7.23. The molecule has 2 N–H and O–H groups in total. The topological polar surface area (TPSA) is 84.5 Å². The number of thiophene rings is 1. The Morgan fingerprint density at radius 2 is 1.53 bits per heavy atom. The van der Waals surface area contributed by atoms with Gasteiger partial charge in [0.25, 0.3) is 5.91 Å². The number of amides is 2. The first-order chi connectivity index (χ1) is 20.8. The molecular weight excluding hydrogens is 577 g/mol. The van der Waals surface area contributed by atoms with E-state index in [4.69, 9.17) is 4.74 Å². The van der Waals surface area contributed by atoms with Gasteiger partial charge in [0, 0.05) is 27.1 Å². The molecule has 0 saturated carbocycles. The maximum absolute atomic E-state index is 13.9. The standard InChI is InChI=1S/C35H30N2O4S2/c1-22-15-17-24(18-16-22)29-21-42-34(30(29)35(40)41-3)37-33(39)31(25-10-5-4-6-11-25)43-28-14-8-13-27(20-28)36-32(38)26-12-7-9-23(2)19-26/h4-21,31H,1-3H3,(H,36,38)(H,37,39). The molecule has 1 unspecified atom stereocenters. The van der Waals surface area contributed by atoms with E-state index in [0.717, 1.165) is 27.1 Å². The minimum absolute atomic E-state index is 0.208. The lowest BCUT2D eigenvalue weighted by Crippen LogP contribution is -2.20. The van der Waals surface area contributed by atoms with Gasteiger partial charge in [0.05, 0.1) is 7.11 Å². The quantitative estimate of drug-likeness (QED) is 0.130. The summed E-state index contributed by atoms with van der Waals surface area (Å²) >= 11 is 2.64. The van der Waals surface area contributed by atoms with Crippen molar-refractivity contribution in [1.29, 1.82) is 0 Å². The Hall–Kier alpha value is -4.66. The van der Waals surface area contributed by atoms with Gasteiger partial charge in [0.2, 0.25) is 5.91 Å². The van der Waals surface area contributed by atoms with Gasteiger partial charge in [-0.3, -0.25) is 9.59 Å². The number of anilines is 2. The number of carbonyl (C=O) groups is 3.